The van der Waals surface area contributed by atoms with Gasteiger partial charge in [0, 0.05) is 24.7 Å². The monoisotopic (exact) mass is 418 g/mol. The standard InChI is InChI=1S/C20H22N2O6S/c1-26-14-10-16-15(27-12-28-16)8-13(14)9-17-19(24)22(20(25)29-17)11-18(23)21-6-4-2-3-5-7-21/h8-10H,2-7,11-12H2,1H3/b17-9+. The van der Waals surface area contributed by atoms with Gasteiger partial charge >= 0.3 is 0 Å². The van der Waals surface area contributed by atoms with Gasteiger partial charge in [-0.15, -0.1) is 0 Å². The molecule has 3 aliphatic rings. The van der Waals surface area contributed by atoms with Gasteiger partial charge in [0.15, 0.2) is 11.5 Å². The first-order chi connectivity index (χ1) is 14.1. The van der Waals surface area contributed by atoms with E-state index in [1.54, 1.807) is 23.1 Å². The molecule has 2 fully saturated rings. The van der Waals surface area contributed by atoms with Gasteiger partial charge < -0.3 is 19.1 Å². The summed E-state index contributed by atoms with van der Waals surface area (Å²) < 4.78 is 16.1. The molecule has 0 radical (unpaired) electrons. The topological polar surface area (TPSA) is 85.4 Å². The van der Waals surface area contributed by atoms with Crippen molar-refractivity contribution in [1.29, 1.82) is 0 Å². The lowest BCUT2D eigenvalue weighted by Gasteiger charge is -2.22. The SMILES string of the molecule is COc1cc2c(cc1/C=C1/SC(=O)N(CC(=O)N3CCCCCC3)C1=O)OCO2. The van der Waals surface area contributed by atoms with Crippen LogP contribution in [0.25, 0.3) is 6.08 Å². The molecule has 2 saturated heterocycles. The molecule has 0 aromatic heterocycles. The van der Waals surface area contributed by atoms with Crippen LogP contribution in [0.15, 0.2) is 17.0 Å². The molecule has 29 heavy (non-hydrogen) atoms. The van der Waals surface area contributed by atoms with Crippen LogP contribution in [0.2, 0.25) is 0 Å². The quantitative estimate of drug-likeness (QED) is 0.695. The summed E-state index contributed by atoms with van der Waals surface area (Å²) in [5, 5.41) is -0.441. The van der Waals surface area contributed by atoms with E-state index in [1.165, 1.54) is 7.11 Å². The maximum Gasteiger partial charge on any atom is 0.294 e. The Morgan fingerprint density at radius 2 is 1.83 bits per heavy atom. The van der Waals surface area contributed by atoms with Gasteiger partial charge in [-0.2, -0.15) is 0 Å². The number of thioether (sulfide) groups is 1. The van der Waals surface area contributed by atoms with Crippen LogP contribution in [0.3, 0.4) is 0 Å². The Hall–Kier alpha value is -2.68. The highest BCUT2D eigenvalue weighted by Crippen LogP contribution is 2.40. The Bertz CT molecular complexity index is 876. The molecule has 3 aliphatic heterocycles. The van der Waals surface area contributed by atoms with Gasteiger partial charge in [0.25, 0.3) is 11.1 Å². The summed E-state index contributed by atoms with van der Waals surface area (Å²) in [6.45, 7) is 1.26. The number of hydrogen-bond acceptors (Lipinski definition) is 7. The molecule has 3 amide bonds. The van der Waals surface area contributed by atoms with E-state index in [9.17, 15) is 14.4 Å². The highest BCUT2D eigenvalue weighted by molar-refractivity contribution is 8.18. The van der Waals surface area contributed by atoms with Crippen molar-refractivity contribution in [2.75, 3.05) is 33.5 Å². The van der Waals surface area contributed by atoms with Crippen molar-refractivity contribution < 1.29 is 28.6 Å². The zero-order chi connectivity index (χ0) is 20.4. The summed E-state index contributed by atoms with van der Waals surface area (Å²) in [4.78, 5) is 40.8. The van der Waals surface area contributed by atoms with Crippen molar-refractivity contribution in [1.82, 2.24) is 9.80 Å². The highest BCUT2D eigenvalue weighted by Gasteiger charge is 2.37. The third kappa shape index (κ3) is 4.05. The summed E-state index contributed by atoms with van der Waals surface area (Å²) >= 11 is 0.822. The number of rotatable bonds is 4. The molecule has 0 N–H and O–H groups in total. The number of likely N-dealkylation sites (tertiary alicyclic amines) is 1. The van der Waals surface area contributed by atoms with E-state index in [1.807, 2.05) is 0 Å². The molecule has 0 saturated carbocycles. The molecule has 1 aromatic rings. The Labute approximate surface area is 172 Å². The largest absolute Gasteiger partial charge is 0.496 e. The van der Waals surface area contributed by atoms with Crippen molar-refractivity contribution in [3.05, 3.63) is 22.6 Å². The molecular formula is C20H22N2O6S. The number of nitrogens with zero attached hydrogens (tertiary/aromatic N) is 2. The zero-order valence-corrected chi connectivity index (χ0v) is 17.0. The van der Waals surface area contributed by atoms with E-state index in [4.69, 9.17) is 14.2 Å². The van der Waals surface area contributed by atoms with Crippen LogP contribution in [0.5, 0.6) is 17.2 Å². The lowest BCUT2D eigenvalue weighted by molar-refractivity contribution is -0.135. The molecule has 9 heteroatoms. The Morgan fingerprint density at radius 1 is 1.14 bits per heavy atom. The van der Waals surface area contributed by atoms with E-state index in [0.717, 1.165) is 42.3 Å². The maximum atomic E-state index is 12.8. The fourth-order valence-corrected chi connectivity index (χ4v) is 4.39. The molecule has 1 aromatic carbocycles. The van der Waals surface area contributed by atoms with Crippen LogP contribution in [0.1, 0.15) is 31.2 Å². The number of hydrogen-bond donors (Lipinski definition) is 0. The van der Waals surface area contributed by atoms with Crippen LogP contribution in [0.4, 0.5) is 4.79 Å². The molecular weight excluding hydrogens is 396 g/mol. The molecule has 154 valence electrons. The first-order valence-electron chi connectivity index (χ1n) is 9.57. The molecule has 0 bridgehead atoms. The van der Waals surface area contributed by atoms with E-state index >= 15 is 0 Å². The first kappa shape index (κ1) is 19.6. The molecule has 0 atom stereocenters. The van der Waals surface area contributed by atoms with Crippen molar-refractivity contribution in [3.63, 3.8) is 0 Å². The van der Waals surface area contributed by atoms with Gasteiger partial charge in [-0.1, -0.05) is 12.8 Å². The fourth-order valence-electron chi connectivity index (χ4n) is 3.56. The third-order valence-corrected chi connectivity index (χ3v) is 6.04. The molecule has 0 unspecified atom stereocenters. The number of imide groups is 1. The lowest BCUT2D eigenvalue weighted by atomic mass is 10.1. The highest BCUT2D eigenvalue weighted by atomic mass is 32.2. The number of benzene rings is 1. The second-order valence-electron chi connectivity index (χ2n) is 7.01. The molecule has 0 spiro atoms. The van der Waals surface area contributed by atoms with E-state index in [0.29, 0.717) is 35.9 Å². The summed E-state index contributed by atoms with van der Waals surface area (Å²) in [6, 6.07) is 3.39. The summed E-state index contributed by atoms with van der Waals surface area (Å²) in [6.07, 6.45) is 5.70. The Morgan fingerprint density at radius 3 is 2.52 bits per heavy atom. The minimum absolute atomic E-state index is 0.122. The summed E-state index contributed by atoms with van der Waals surface area (Å²) in [5.41, 5.74) is 0.598. The van der Waals surface area contributed by atoms with Crippen LogP contribution < -0.4 is 14.2 Å². The van der Waals surface area contributed by atoms with Crippen molar-refractivity contribution in [3.8, 4) is 17.2 Å². The van der Waals surface area contributed by atoms with Gasteiger partial charge in [-0.3, -0.25) is 19.3 Å². The predicted octanol–water partition coefficient (Wildman–Crippen LogP) is 2.86. The Balaban J connectivity index is 1.51. The van der Waals surface area contributed by atoms with E-state index in [-0.39, 0.29) is 24.2 Å². The molecule has 0 aliphatic carbocycles. The predicted molar refractivity (Wildman–Crippen MR) is 107 cm³/mol. The first-order valence-corrected chi connectivity index (χ1v) is 10.4. The van der Waals surface area contributed by atoms with Gasteiger partial charge in [-0.25, -0.2) is 0 Å². The maximum absolute atomic E-state index is 12.8. The zero-order valence-electron chi connectivity index (χ0n) is 16.1. The van der Waals surface area contributed by atoms with Crippen LogP contribution in [0, 0.1) is 0 Å². The number of amides is 3. The van der Waals surface area contributed by atoms with Crippen LogP contribution in [-0.2, 0) is 9.59 Å². The van der Waals surface area contributed by atoms with Crippen LogP contribution in [-0.4, -0.2) is 60.4 Å². The average molecular weight is 418 g/mol. The van der Waals surface area contributed by atoms with Crippen molar-refractivity contribution in [2.24, 2.45) is 0 Å². The van der Waals surface area contributed by atoms with Gasteiger partial charge in [0.2, 0.25) is 12.7 Å². The number of carbonyl (C=O) groups is 3. The van der Waals surface area contributed by atoms with Crippen LogP contribution >= 0.6 is 11.8 Å². The molecule has 4 rings (SSSR count). The van der Waals surface area contributed by atoms with Gasteiger partial charge in [0.1, 0.15) is 12.3 Å². The smallest absolute Gasteiger partial charge is 0.294 e. The number of carbonyl (C=O) groups excluding carboxylic acids is 3. The third-order valence-electron chi connectivity index (χ3n) is 5.14. The van der Waals surface area contributed by atoms with Gasteiger partial charge in [0.05, 0.1) is 12.0 Å². The second kappa shape index (κ2) is 8.36. The average Bonchev–Trinajstić information content (AvgIpc) is 3.13. The van der Waals surface area contributed by atoms with Crippen molar-refractivity contribution >= 4 is 34.9 Å². The van der Waals surface area contributed by atoms with Crippen molar-refractivity contribution in [2.45, 2.75) is 25.7 Å². The lowest BCUT2D eigenvalue weighted by Crippen LogP contribution is -2.42. The fraction of sp³-hybridized carbons (Fsp3) is 0.450. The van der Waals surface area contributed by atoms with E-state index < -0.39 is 11.1 Å². The van der Waals surface area contributed by atoms with Gasteiger partial charge in [-0.05, 0) is 36.7 Å². The normalized spacial score (nSPS) is 20.4. The molecule has 8 nitrogen and oxygen atoms in total. The second-order valence-corrected chi connectivity index (χ2v) is 8.00. The number of fused-ring (bicyclic) bond motifs is 1. The van der Waals surface area contributed by atoms with E-state index in [2.05, 4.69) is 0 Å². The molecule has 3 heterocycles. The number of ether oxygens (including phenoxy) is 3. The minimum Gasteiger partial charge on any atom is -0.496 e. The minimum atomic E-state index is -0.470. The Kier molecular flexibility index (Phi) is 5.66. The summed E-state index contributed by atoms with van der Waals surface area (Å²) in [7, 11) is 1.51. The summed E-state index contributed by atoms with van der Waals surface area (Å²) in [5.74, 6) is 0.962. The number of methoxy groups -OCH3 is 1.